The van der Waals surface area contributed by atoms with E-state index in [-0.39, 0.29) is 0 Å². The zero-order chi connectivity index (χ0) is 16.7. The SMILES string of the molecule is CC(C)(C)OC(=O)NCCCOc1ccc(-c2nccs2)cc1. The van der Waals surface area contributed by atoms with E-state index in [0.717, 1.165) is 16.3 Å². The lowest BCUT2D eigenvalue weighted by Gasteiger charge is -2.19. The molecule has 0 saturated heterocycles. The maximum Gasteiger partial charge on any atom is 0.407 e. The number of hydrogen-bond donors (Lipinski definition) is 1. The number of ether oxygens (including phenoxy) is 2. The molecular weight excluding hydrogens is 312 g/mol. The average molecular weight is 334 g/mol. The van der Waals surface area contributed by atoms with E-state index in [9.17, 15) is 4.79 Å². The van der Waals surface area contributed by atoms with Gasteiger partial charge in [-0.15, -0.1) is 11.3 Å². The van der Waals surface area contributed by atoms with E-state index >= 15 is 0 Å². The molecule has 1 aromatic carbocycles. The summed E-state index contributed by atoms with van der Waals surface area (Å²) in [5.41, 5.74) is 0.610. The quantitative estimate of drug-likeness (QED) is 0.808. The molecule has 0 aliphatic carbocycles. The lowest BCUT2D eigenvalue weighted by molar-refractivity contribution is 0.0525. The molecule has 0 unspecified atom stereocenters. The van der Waals surface area contributed by atoms with E-state index in [2.05, 4.69) is 10.3 Å². The summed E-state index contributed by atoms with van der Waals surface area (Å²) in [6, 6.07) is 7.84. The van der Waals surface area contributed by atoms with Crippen molar-refractivity contribution in [1.29, 1.82) is 0 Å². The van der Waals surface area contributed by atoms with Gasteiger partial charge in [0, 0.05) is 23.7 Å². The van der Waals surface area contributed by atoms with E-state index in [4.69, 9.17) is 9.47 Å². The molecule has 0 spiro atoms. The summed E-state index contributed by atoms with van der Waals surface area (Å²) in [5.74, 6) is 0.808. The van der Waals surface area contributed by atoms with Crippen molar-refractivity contribution in [3.63, 3.8) is 0 Å². The number of nitrogens with one attached hydrogen (secondary N) is 1. The van der Waals surface area contributed by atoms with Crippen molar-refractivity contribution < 1.29 is 14.3 Å². The fourth-order valence-electron chi connectivity index (χ4n) is 1.83. The van der Waals surface area contributed by atoms with E-state index in [1.54, 1.807) is 17.5 Å². The highest BCUT2D eigenvalue weighted by Crippen LogP contribution is 2.24. The van der Waals surface area contributed by atoms with Crippen LogP contribution in [0.3, 0.4) is 0 Å². The minimum atomic E-state index is -0.472. The molecule has 5 nitrogen and oxygen atoms in total. The number of benzene rings is 1. The summed E-state index contributed by atoms with van der Waals surface area (Å²) in [6.45, 7) is 6.57. The molecule has 1 heterocycles. The van der Waals surface area contributed by atoms with Crippen molar-refractivity contribution in [2.45, 2.75) is 32.8 Å². The normalized spacial score (nSPS) is 11.1. The molecule has 0 bridgehead atoms. The average Bonchev–Trinajstić information content (AvgIpc) is 3.00. The third kappa shape index (κ3) is 6.28. The molecular formula is C17H22N2O3S. The highest BCUT2D eigenvalue weighted by Gasteiger charge is 2.15. The second-order valence-corrected chi connectivity index (χ2v) is 6.89. The third-order valence-corrected chi connectivity index (χ3v) is 3.61. The summed E-state index contributed by atoms with van der Waals surface area (Å²) in [7, 11) is 0. The fourth-order valence-corrected chi connectivity index (χ4v) is 2.47. The molecule has 1 aromatic heterocycles. The Morgan fingerprint density at radius 2 is 2.00 bits per heavy atom. The van der Waals surface area contributed by atoms with Crippen LogP contribution in [0.4, 0.5) is 4.79 Å². The number of carbonyl (C=O) groups is 1. The number of aromatic nitrogens is 1. The highest BCUT2D eigenvalue weighted by molar-refractivity contribution is 7.13. The Bertz CT molecular complexity index is 604. The maximum absolute atomic E-state index is 11.5. The van der Waals surface area contributed by atoms with Gasteiger partial charge in [-0.05, 0) is 51.5 Å². The first-order valence-electron chi connectivity index (χ1n) is 7.54. The molecule has 124 valence electrons. The van der Waals surface area contributed by atoms with Gasteiger partial charge in [-0.25, -0.2) is 9.78 Å². The molecule has 2 aromatic rings. The first-order valence-corrected chi connectivity index (χ1v) is 8.41. The molecule has 2 rings (SSSR count). The van der Waals surface area contributed by atoms with Crippen molar-refractivity contribution in [2.24, 2.45) is 0 Å². The van der Waals surface area contributed by atoms with E-state index in [1.165, 1.54) is 0 Å². The Balaban J connectivity index is 1.66. The molecule has 0 fully saturated rings. The van der Waals surface area contributed by atoms with Gasteiger partial charge in [-0.3, -0.25) is 0 Å². The van der Waals surface area contributed by atoms with Crippen molar-refractivity contribution >= 4 is 17.4 Å². The molecule has 0 aliphatic rings. The zero-order valence-electron chi connectivity index (χ0n) is 13.7. The van der Waals surface area contributed by atoms with Gasteiger partial charge >= 0.3 is 6.09 Å². The second kappa shape index (κ2) is 7.97. The minimum Gasteiger partial charge on any atom is -0.494 e. The number of amides is 1. The smallest absolute Gasteiger partial charge is 0.407 e. The number of alkyl carbamates (subject to hydrolysis) is 1. The van der Waals surface area contributed by atoms with Crippen LogP contribution in [0.2, 0.25) is 0 Å². The Kier molecular flexibility index (Phi) is 5.98. The second-order valence-electron chi connectivity index (χ2n) is 5.99. The molecule has 6 heteroatoms. The van der Waals surface area contributed by atoms with Crippen molar-refractivity contribution in [3.8, 4) is 16.3 Å². The van der Waals surface area contributed by atoms with Crippen LogP contribution in [-0.2, 0) is 4.74 Å². The molecule has 23 heavy (non-hydrogen) atoms. The van der Waals surface area contributed by atoms with Gasteiger partial charge in [0.1, 0.15) is 16.4 Å². The van der Waals surface area contributed by atoms with Gasteiger partial charge in [-0.1, -0.05) is 0 Å². The Morgan fingerprint density at radius 3 is 2.61 bits per heavy atom. The number of hydrogen-bond acceptors (Lipinski definition) is 5. The molecule has 0 saturated carbocycles. The standard InChI is InChI=1S/C17H22N2O3S/c1-17(2,3)22-16(20)19-9-4-11-21-14-7-5-13(6-8-14)15-18-10-12-23-15/h5-8,10,12H,4,9,11H2,1-3H3,(H,19,20). The van der Waals surface area contributed by atoms with E-state index < -0.39 is 11.7 Å². The van der Waals surface area contributed by atoms with Crippen LogP contribution in [-0.4, -0.2) is 29.8 Å². The molecule has 0 aliphatic heterocycles. The maximum atomic E-state index is 11.5. The summed E-state index contributed by atoms with van der Waals surface area (Å²) >= 11 is 1.61. The van der Waals surface area contributed by atoms with Crippen molar-refractivity contribution in [2.75, 3.05) is 13.2 Å². The molecule has 1 amide bonds. The number of rotatable bonds is 6. The summed E-state index contributed by atoms with van der Waals surface area (Å²) in [6.07, 6.45) is 2.11. The van der Waals surface area contributed by atoms with E-state index in [1.807, 2.05) is 50.4 Å². The summed E-state index contributed by atoms with van der Waals surface area (Å²) in [5, 5.41) is 5.66. The lowest BCUT2D eigenvalue weighted by Crippen LogP contribution is -2.33. The minimum absolute atomic E-state index is 0.398. The zero-order valence-corrected chi connectivity index (χ0v) is 14.5. The van der Waals surface area contributed by atoms with Crippen LogP contribution < -0.4 is 10.1 Å². The van der Waals surface area contributed by atoms with Crippen LogP contribution in [0.25, 0.3) is 10.6 Å². The van der Waals surface area contributed by atoms with Gasteiger partial charge in [0.2, 0.25) is 0 Å². The Morgan fingerprint density at radius 1 is 1.26 bits per heavy atom. The van der Waals surface area contributed by atoms with Gasteiger partial charge < -0.3 is 14.8 Å². The number of carbonyl (C=O) groups excluding carboxylic acids is 1. The fraction of sp³-hybridized carbons (Fsp3) is 0.412. The van der Waals surface area contributed by atoms with Gasteiger partial charge in [-0.2, -0.15) is 0 Å². The third-order valence-electron chi connectivity index (χ3n) is 2.79. The summed E-state index contributed by atoms with van der Waals surface area (Å²) < 4.78 is 10.8. The van der Waals surface area contributed by atoms with E-state index in [0.29, 0.717) is 19.6 Å². The van der Waals surface area contributed by atoms with Crippen molar-refractivity contribution in [1.82, 2.24) is 10.3 Å². The predicted octanol–water partition coefficient (Wildman–Crippen LogP) is 4.10. The Labute approximate surface area is 140 Å². The topological polar surface area (TPSA) is 60.5 Å². The summed E-state index contributed by atoms with van der Waals surface area (Å²) in [4.78, 5) is 15.7. The highest BCUT2D eigenvalue weighted by atomic mass is 32.1. The molecule has 0 atom stereocenters. The van der Waals surface area contributed by atoms with Crippen LogP contribution >= 0.6 is 11.3 Å². The van der Waals surface area contributed by atoms with Crippen molar-refractivity contribution in [3.05, 3.63) is 35.8 Å². The van der Waals surface area contributed by atoms with Gasteiger partial charge in [0.05, 0.1) is 6.61 Å². The monoisotopic (exact) mass is 334 g/mol. The molecule has 1 N–H and O–H groups in total. The predicted molar refractivity (Wildman–Crippen MR) is 91.9 cm³/mol. The first-order chi connectivity index (χ1) is 10.9. The number of nitrogens with zero attached hydrogens (tertiary/aromatic N) is 1. The van der Waals surface area contributed by atoms with Gasteiger partial charge in [0.15, 0.2) is 0 Å². The first kappa shape index (κ1) is 17.3. The van der Waals surface area contributed by atoms with Crippen LogP contribution in [0.15, 0.2) is 35.8 Å². The lowest BCUT2D eigenvalue weighted by atomic mass is 10.2. The van der Waals surface area contributed by atoms with Crippen LogP contribution in [0.5, 0.6) is 5.75 Å². The van der Waals surface area contributed by atoms with Crippen LogP contribution in [0, 0.1) is 0 Å². The molecule has 0 radical (unpaired) electrons. The Hall–Kier alpha value is -2.08. The largest absolute Gasteiger partial charge is 0.494 e. The number of thiazole rings is 1. The van der Waals surface area contributed by atoms with Gasteiger partial charge in [0.25, 0.3) is 0 Å². The van der Waals surface area contributed by atoms with Crippen LogP contribution in [0.1, 0.15) is 27.2 Å².